The summed E-state index contributed by atoms with van der Waals surface area (Å²) in [5.41, 5.74) is 1.43. The summed E-state index contributed by atoms with van der Waals surface area (Å²) < 4.78 is 0. The lowest BCUT2D eigenvalue weighted by Gasteiger charge is -2.32. The van der Waals surface area contributed by atoms with Gasteiger partial charge >= 0.3 is 6.03 Å². The van der Waals surface area contributed by atoms with E-state index in [1.165, 1.54) is 10.4 Å². The molecule has 3 N–H and O–H groups in total. The van der Waals surface area contributed by atoms with Gasteiger partial charge in [-0.15, -0.1) is 11.3 Å². The maximum absolute atomic E-state index is 11.8. The van der Waals surface area contributed by atoms with Gasteiger partial charge in [0.25, 0.3) is 0 Å². The quantitative estimate of drug-likeness (QED) is 0.713. The number of carbonyl (C=O) groups excluding carboxylic acids is 1. The number of amides is 2. The summed E-state index contributed by atoms with van der Waals surface area (Å²) in [6.07, 6.45) is 1.34. The van der Waals surface area contributed by atoms with E-state index < -0.39 is 0 Å². The number of urea groups is 1. The Morgan fingerprint density at radius 1 is 1.39 bits per heavy atom. The van der Waals surface area contributed by atoms with Crippen LogP contribution >= 0.6 is 11.3 Å². The van der Waals surface area contributed by atoms with Gasteiger partial charge in [-0.1, -0.05) is 13.8 Å². The van der Waals surface area contributed by atoms with Gasteiger partial charge in [-0.2, -0.15) is 0 Å². The van der Waals surface area contributed by atoms with Crippen LogP contribution in [-0.4, -0.2) is 47.8 Å². The molecular weight excluding hydrogens is 310 g/mol. The number of carbonyl (C=O) groups is 1. The number of hydrogen-bond donors (Lipinski definition) is 3. The summed E-state index contributed by atoms with van der Waals surface area (Å²) in [5.74, 6) is 0.223. The minimum atomic E-state index is -0.359. The zero-order valence-corrected chi connectivity index (χ0v) is 15.2. The van der Waals surface area contributed by atoms with Gasteiger partial charge in [0.15, 0.2) is 0 Å². The van der Waals surface area contributed by atoms with Crippen molar-refractivity contribution in [3.63, 3.8) is 0 Å². The second kappa shape index (κ2) is 8.66. The standard InChI is InChI=1S/C17H29N3O2S/c1-12(2)15(21)4-7-18-17(22)19-10-13(3)20-8-5-16-14(11-20)6-9-23-16/h6,9,12-13,15,21H,4-5,7-8,10-11H2,1-3H3,(H2,18,19,22). The van der Waals surface area contributed by atoms with Crippen LogP contribution in [0.25, 0.3) is 0 Å². The van der Waals surface area contributed by atoms with E-state index >= 15 is 0 Å². The molecule has 23 heavy (non-hydrogen) atoms. The highest BCUT2D eigenvalue weighted by Crippen LogP contribution is 2.24. The molecule has 5 nitrogen and oxygen atoms in total. The first-order valence-electron chi connectivity index (χ1n) is 8.46. The molecule has 2 unspecified atom stereocenters. The SMILES string of the molecule is CC(C)C(O)CCNC(=O)NCC(C)N1CCc2sccc2C1. The van der Waals surface area contributed by atoms with Crippen molar-refractivity contribution >= 4 is 17.4 Å². The maximum Gasteiger partial charge on any atom is 0.314 e. The van der Waals surface area contributed by atoms with E-state index in [9.17, 15) is 9.90 Å². The topological polar surface area (TPSA) is 64.6 Å². The van der Waals surface area contributed by atoms with E-state index in [1.54, 1.807) is 0 Å². The van der Waals surface area contributed by atoms with Crippen molar-refractivity contribution in [1.82, 2.24) is 15.5 Å². The van der Waals surface area contributed by atoms with Gasteiger partial charge in [0, 0.05) is 37.1 Å². The van der Waals surface area contributed by atoms with Gasteiger partial charge in [0.1, 0.15) is 0 Å². The summed E-state index contributed by atoms with van der Waals surface area (Å²) in [5, 5.41) is 17.6. The van der Waals surface area contributed by atoms with Crippen molar-refractivity contribution in [3.05, 3.63) is 21.9 Å². The monoisotopic (exact) mass is 339 g/mol. The molecule has 6 heteroatoms. The van der Waals surface area contributed by atoms with Crippen LogP contribution in [0.1, 0.15) is 37.6 Å². The first-order chi connectivity index (χ1) is 11.0. The van der Waals surface area contributed by atoms with Gasteiger partial charge in [-0.25, -0.2) is 4.79 Å². The molecule has 2 amide bonds. The molecule has 0 bridgehead atoms. The van der Waals surface area contributed by atoms with Crippen molar-refractivity contribution in [1.29, 1.82) is 0 Å². The molecule has 0 aromatic carbocycles. The van der Waals surface area contributed by atoms with Crippen LogP contribution in [0.3, 0.4) is 0 Å². The van der Waals surface area contributed by atoms with Crippen molar-refractivity contribution in [2.24, 2.45) is 5.92 Å². The van der Waals surface area contributed by atoms with E-state index in [-0.39, 0.29) is 18.1 Å². The van der Waals surface area contributed by atoms with Crippen LogP contribution < -0.4 is 10.6 Å². The van der Waals surface area contributed by atoms with Gasteiger partial charge < -0.3 is 15.7 Å². The van der Waals surface area contributed by atoms with Gasteiger partial charge in [0.05, 0.1) is 6.10 Å². The highest BCUT2D eigenvalue weighted by molar-refractivity contribution is 7.10. The Bertz CT molecular complexity index is 504. The second-order valence-corrected chi connectivity index (χ2v) is 7.68. The smallest absolute Gasteiger partial charge is 0.314 e. The third-order valence-electron chi connectivity index (χ3n) is 4.51. The van der Waals surface area contributed by atoms with Crippen LogP contribution in [0, 0.1) is 5.92 Å². The third kappa shape index (κ3) is 5.48. The molecule has 1 aliphatic heterocycles. The van der Waals surface area contributed by atoms with Gasteiger partial charge in [-0.3, -0.25) is 4.90 Å². The molecule has 0 radical (unpaired) electrons. The van der Waals surface area contributed by atoms with Crippen LogP contribution in [0.2, 0.25) is 0 Å². The number of fused-ring (bicyclic) bond motifs is 1. The molecule has 0 saturated heterocycles. The molecule has 2 heterocycles. The van der Waals surface area contributed by atoms with Crippen LogP contribution in [-0.2, 0) is 13.0 Å². The molecule has 0 aliphatic carbocycles. The minimum Gasteiger partial charge on any atom is -0.393 e. The fraction of sp³-hybridized carbons (Fsp3) is 0.706. The van der Waals surface area contributed by atoms with Crippen molar-refractivity contribution in [3.8, 4) is 0 Å². The summed E-state index contributed by atoms with van der Waals surface area (Å²) in [6.45, 7) is 9.27. The van der Waals surface area contributed by atoms with E-state index in [0.29, 0.717) is 25.6 Å². The summed E-state index contributed by atoms with van der Waals surface area (Å²) in [6, 6.07) is 2.37. The molecule has 0 spiro atoms. The molecule has 0 fully saturated rings. The second-order valence-electron chi connectivity index (χ2n) is 6.68. The Labute approximate surface area is 143 Å². The summed E-state index contributed by atoms with van der Waals surface area (Å²) in [7, 11) is 0. The summed E-state index contributed by atoms with van der Waals surface area (Å²) in [4.78, 5) is 15.7. The number of nitrogens with zero attached hydrogens (tertiary/aromatic N) is 1. The first-order valence-corrected chi connectivity index (χ1v) is 9.34. The molecule has 1 aromatic rings. The predicted molar refractivity (Wildman–Crippen MR) is 94.8 cm³/mol. The lowest BCUT2D eigenvalue weighted by atomic mass is 10.0. The number of rotatable bonds is 7. The third-order valence-corrected chi connectivity index (χ3v) is 5.54. The zero-order valence-electron chi connectivity index (χ0n) is 14.3. The fourth-order valence-electron chi connectivity index (χ4n) is 2.75. The number of aliphatic hydroxyl groups excluding tert-OH is 1. The van der Waals surface area contributed by atoms with E-state index in [0.717, 1.165) is 19.5 Å². The molecule has 1 aliphatic rings. The molecule has 1 aromatic heterocycles. The Hall–Kier alpha value is -1.11. The van der Waals surface area contributed by atoms with Crippen LogP contribution in [0.15, 0.2) is 11.4 Å². The highest BCUT2D eigenvalue weighted by atomic mass is 32.1. The number of aliphatic hydroxyl groups is 1. The fourth-order valence-corrected chi connectivity index (χ4v) is 3.64. The minimum absolute atomic E-state index is 0.152. The Kier molecular flexibility index (Phi) is 6.87. The average Bonchev–Trinajstić information content (AvgIpc) is 2.99. The molecule has 130 valence electrons. The molecule has 2 rings (SSSR count). The van der Waals surface area contributed by atoms with Crippen molar-refractivity contribution in [2.75, 3.05) is 19.6 Å². The molecule has 2 atom stereocenters. The number of hydrogen-bond acceptors (Lipinski definition) is 4. The Balaban J connectivity index is 1.64. The van der Waals surface area contributed by atoms with Crippen LogP contribution in [0.4, 0.5) is 4.79 Å². The van der Waals surface area contributed by atoms with Crippen molar-refractivity contribution < 1.29 is 9.90 Å². The average molecular weight is 340 g/mol. The lowest BCUT2D eigenvalue weighted by Crippen LogP contribution is -2.46. The molecule has 0 saturated carbocycles. The number of nitrogens with one attached hydrogen (secondary N) is 2. The zero-order chi connectivity index (χ0) is 16.8. The highest BCUT2D eigenvalue weighted by Gasteiger charge is 2.21. The van der Waals surface area contributed by atoms with E-state index in [4.69, 9.17) is 0 Å². The Morgan fingerprint density at radius 3 is 2.91 bits per heavy atom. The normalized spacial score (nSPS) is 17.6. The van der Waals surface area contributed by atoms with Gasteiger partial charge in [-0.05, 0) is 42.7 Å². The van der Waals surface area contributed by atoms with E-state index in [1.807, 2.05) is 25.2 Å². The Morgan fingerprint density at radius 2 is 2.17 bits per heavy atom. The maximum atomic E-state index is 11.8. The van der Waals surface area contributed by atoms with Gasteiger partial charge in [0.2, 0.25) is 0 Å². The van der Waals surface area contributed by atoms with Crippen molar-refractivity contribution in [2.45, 2.75) is 52.3 Å². The largest absolute Gasteiger partial charge is 0.393 e. The first kappa shape index (κ1) is 18.2. The molecular formula is C17H29N3O2S. The summed E-state index contributed by atoms with van der Waals surface area (Å²) >= 11 is 1.84. The van der Waals surface area contributed by atoms with E-state index in [2.05, 4.69) is 33.9 Å². The predicted octanol–water partition coefficient (Wildman–Crippen LogP) is 2.20. The number of thiophene rings is 1. The lowest BCUT2D eigenvalue weighted by molar-refractivity contribution is 0.116. The van der Waals surface area contributed by atoms with Crippen LogP contribution in [0.5, 0.6) is 0 Å².